The van der Waals surface area contributed by atoms with Crippen LogP contribution in [0.3, 0.4) is 0 Å². The summed E-state index contributed by atoms with van der Waals surface area (Å²) in [7, 11) is 0. The number of amides is 1. The molecule has 4 heterocycles. The van der Waals surface area contributed by atoms with Gasteiger partial charge in [0.2, 0.25) is 5.95 Å². The van der Waals surface area contributed by atoms with Crippen molar-refractivity contribution in [2.75, 3.05) is 18.4 Å². The SMILES string of the molecule is C.CC1CN(C(=O)c2coc(Nc3ncc4c(n3)-c3ccc(Cl)cc3C(c3c(F)cccc3F)=NC4)n2)CC(C)N1. The first-order valence-corrected chi connectivity index (χ1v) is 13.1. The van der Waals surface area contributed by atoms with E-state index >= 15 is 0 Å². The van der Waals surface area contributed by atoms with E-state index in [9.17, 15) is 13.6 Å². The summed E-state index contributed by atoms with van der Waals surface area (Å²) in [4.78, 5) is 32.5. The summed E-state index contributed by atoms with van der Waals surface area (Å²) < 4.78 is 35.0. The second-order valence-corrected chi connectivity index (χ2v) is 10.3. The molecule has 4 aromatic rings. The highest BCUT2D eigenvalue weighted by atomic mass is 35.5. The highest BCUT2D eigenvalue weighted by molar-refractivity contribution is 6.31. The number of anilines is 2. The van der Waals surface area contributed by atoms with Crippen molar-refractivity contribution in [3.63, 3.8) is 0 Å². The maximum atomic E-state index is 14.8. The molecule has 0 bridgehead atoms. The Morgan fingerprint density at radius 3 is 2.56 bits per heavy atom. The maximum Gasteiger partial charge on any atom is 0.302 e. The average Bonchev–Trinajstić information content (AvgIpc) is 3.32. The molecular formula is C29H28ClF2N7O2. The summed E-state index contributed by atoms with van der Waals surface area (Å²) in [6.07, 6.45) is 2.87. The van der Waals surface area contributed by atoms with Gasteiger partial charge in [-0.3, -0.25) is 15.1 Å². The second-order valence-electron chi connectivity index (χ2n) is 9.86. The predicted octanol–water partition coefficient (Wildman–Crippen LogP) is 5.62. The van der Waals surface area contributed by atoms with Crippen LogP contribution < -0.4 is 10.6 Å². The molecular weight excluding hydrogens is 552 g/mol. The zero-order valence-corrected chi connectivity index (χ0v) is 22.3. The number of halogens is 3. The fraction of sp³-hybridized carbons (Fsp3) is 0.276. The number of fused-ring (bicyclic) bond motifs is 3. The summed E-state index contributed by atoms with van der Waals surface area (Å²) in [5, 5.41) is 6.68. The van der Waals surface area contributed by atoms with E-state index in [0.29, 0.717) is 40.5 Å². The Kier molecular flexibility index (Phi) is 7.83. The van der Waals surface area contributed by atoms with Crippen LogP contribution in [-0.4, -0.2) is 56.6 Å². The molecule has 212 valence electrons. The molecule has 0 aliphatic carbocycles. The quantitative estimate of drug-likeness (QED) is 0.323. The Bertz CT molecular complexity index is 1630. The van der Waals surface area contributed by atoms with Gasteiger partial charge in [0.05, 0.1) is 23.5 Å². The Morgan fingerprint density at radius 1 is 1.10 bits per heavy atom. The monoisotopic (exact) mass is 579 g/mol. The zero-order chi connectivity index (χ0) is 28.0. The first kappa shape index (κ1) is 28.3. The van der Waals surface area contributed by atoms with Crippen molar-refractivity contribution in [3.8, 4) is 11.3 Å². The normalized spacial score (nSPS) is 18.0. The van der Waals surface area contributed by atoms with Crippen molar-refractivity contribution in [1.82, 2.24) is 25.2 Å². The van der Waals surface area contributed by atoms with Crippen molar-refractivity contribution in [2.24, 2.45) is 4.99 Å². The second kappa shape index (κ2) is 11.3. The van der Waals surface area contributed by atoms with Crippen molar-refractivity contribution in [3.05, 3.63) is 87.9 Å². The smallest absolute Gasteiger partial charge is 0.302 e. The van der Waals surface area contributed by atoms with Crippen LogP contribution in [-0.2, 0) is 6.54 Å². The lowest BCUT2D eigenvalue weighted by Gasteiger charge is -2.35. The van der Waals surface area contributed by atoms with E-state index in [1.807, 2.05) is 13.8 Å². The van der Waals surface area contributed by atoms with E-state index in [4.69, 9.17) is 16.0 Å². The molecule has 1 saturated heterocycles. The molecule has 0 radical (unpaired) electrons. The highest BCUT2D eigenvalue weighted by Gasteiger charge is 2.28. The van der Waals surface area contributed by atoms with E-state index in [2.05, 4.69) is 30.6 Å². The van der Waals surface area contributed by atoms with Crippen LogP contribution in [0, 0.1) is 11.6 Å². The molecule has 1 amide bonds. The molecule has 2 atom stereocenters. The van der Waals surface area contributed by atoms with E-state index < -0.39 is 11.6 Å². The summed E-state index contributed by atoms with van der Waals surface area (Å²) in [5.74, 6) is -1.53. The van der Waals surface area contributed by atoms with Crippen LogP contribution in [0.5, 0.6) is 0 Å². The van der Waals surface area contributed by atoms with Crippen LogP contribution in [0.2, 0.25) is 5.02 Å². The van der Waals surface area contributed by atoms with Crippen LogP contribution >= 0.6 is 11.6 Å². The number of piperazine rings is 1. The van der Waals surface area contributed by atoms with Gasteiger partial charge in [-0.25, -0.2) is 18.7 Å². The molecule has 0 spiro atoms. The Hall–Kier alpha value is -4.22. The first-order valence-electron chi connectivity index (χ1n) is 12.7. The van der Waals surface area contributed by atoms with Crippen LogP contribution in [0.15, 0.2) is 58.3 Å². The molecule has 2 aliphatic heterocycles. The lowest BCUT2D eigenvalue weighted by molar-refractivity contribution is 0.0668. The van der Waals surface area contributed by atoms with Gasteiger partial charge < -0.3 is 14.6 Å². The standard InChI is InChI=1S/C28H24ClF2N7O2.CH4/c1-14-11-38(12-15(2)34-14)26(39)22-13-40-28(35-22)37-27-33-10-16-9-32-25(23-20(30)4-3-5-21(23)31)19-8-17(29)6-7-18(19)24(16)36-27;/h3-8,10,13-15,34H,9,11-12H2,1-2H3,(H,33,35,36,37);1H4. The van der Waals surface area contributed by atoms with Gasteiger partial charge in [0.15, 0.2) is 5.69 Å². The minimum absolute atomic E-state index is 0. The number of nitrogens with zero attached hydrogens (tertiary/aromatic N) is 5. The average molecular weight is 580 g/mol. The van der Waals surface area contributed by atoms with Gasteiger partial charge in [-0.2, -0.15) is 4.98 Å². The van der Waals surface area contributed by atoms with Crippen LogP contribution in [0.25, 0.3) is 11.3 Å². The minimum atomic E-state index is -0.733. The number of oxazole rings is 1. The molecule has 0 saturated carbocycles. The van der Waals surface area contributed by atoms with Gasteiger partial charge in [-0.1, -0.05) is 31.2 Å². The van der Waals surface area contributed by atoms with Crippen LogP contribution in [0.1, 0.15) is 48.5 Å². The van der Waals surface area contributed by atoms with E-state index in [1.54, 1.807) is 29.3 Å². The number of benzene rings is 2. The molecule has 12 heteroatoms. The van der Waals surface area contributed by atoms with E-state index in [0.717, 1.165) is 0 Å². The number of carbonyl (C=O) groups is 1. The molecule has 2 aromatic carbocycles. The van der Waals surface area contributed by atoms with Crippen molar-refractivity contribution in [2.45, 2.75) is 39.9 Å². The zero-order valence-electron chi connectivity index (χ0n) is 21.6. The summed E-state index contributed by atoms with van der Waals surface area (Å²) >= 11 is 6.29. The topological polar surface area (TPSA) is 109 Å². The molecule has 1 fully saturated rings. The number of nitrogens with one attached hydrogen (secondary N) is 2. The number of aliphatic imine (C=N–C) groups is 1. The van der Waals surface area contributed by atoms with Gasteiger partial charge in [-0.05, 0) is 38.1 Å². The number of hydrogen-bond acceptors (Lipinski definition) is 8. The Labute approximate surface area is 240 Å². The Morgan fingerprint density at radius 2 is 1.83 bits per heavy atom. The summed E-state index contributed by atoms with van der Waals surface area (Å²) in [5.41, 5.74) is 2.22. The molecule has 2 aromatic heterocycles. The van der Waals surface area contributed by atoms with Gasteiger partial charge in [0, 0.05) is 53.1 Å². The summed E-state index contributed by atoms with van der Waals surface area (Å²) in [6, 6.07) is 9.06. The van der Waals surface area contributed by atoms with E-state index in [1.165, 1.54) is 24.5 Å². The highest BCUT2D eigenvalue weighted by Crippen LogP contribution is 2.34. The van der Waals surface area contributed by atoms with Gasteiger partial charge in [-0.15, -0.1) is 0 Å². The fourth-order valence-electron chi connectivity index (χ4n) is 5.10. The molecule has 6 rings (SSSR count). The van der Waals surface area contributed by atoms with Crippen LogP contribution in [0.4, 0.5) is 20.7 Å². The first-order chi connectivity index (χ1) is 19.3. The lowest BCUT2D eigenvalue weighted by Crippen LogP contribution is -2.55. The number of aromatic nitrogens is 3. The fourth-order valence-corrected chi connectivity index (χ4v) is 5.27. The van der Waals surface area contributed by atoms with Gasteiger partial charge in [0.1, 0.15) is 17.9 Å². The lowest BCUT2D eigenvalue weighted by atomic mass is 9.95. The summed E-state index contributed by atoms with van der Waals surface area (Å²) in [6.45, 7) is 5.26. The number of hydrogen-bond donors (Lipinski definition) is 2. The predicted molar refractivity (Wildman–Crippen MR) is 153 cm³/mol. The number of rotatable bonds is 4. The van der Waals surface area contributed by atoms with Gasteiger partial charge >= 0.3 is 6.01 Å². The number of carbonyl (C=O) groups excluding carboxylic acids is 1. The third-order valence-corrected chi connectivity index (χ3v) is 6.99. The molecule has 2 N–H and O–H groups in total. The Balaban J connectivity index is 0.00000337. The maximum absolute atomic E-state index is 14.8. The van der Waals surface area contributed by atoms with Crippen molar-refractivity contribution < 1.29 is 18.0 Å². The third-order valence-electron chi connectivity index (χ3n) is 6.75. The van der Waals surface area contributed by atoms with Crippen molar-refractivity contribution >= 4 is 35.2 Å². The van der Waals surface area contributed by atoms with E-state index in [-0.39, 0.29) is 60.9 Å². The van der Waals surface area contributed by atoms with Gasteiger partial charge in [0.25, 0.3) is 5.91 Å². The molecule has 2 unspecified atom stereocenters. The van der Waals surface area contributed by atoms with Crippen molar-refractivity contribution in [1.29, 1.82) is 0 Å². The minimum Gasteiger partial charge on any atom is -0.431 e. The largest absolute Gasteiger partial charge is 0.431 e. The third kappa shape index (κ3) is 5.55. The molecule has 9 nitrogen and oxygen atoms in total. The molecule has 2 aliphatic rings. The molecule has 41 heavy (non-hydrogen) atoms.